The minimum atomic E-state index is -1.43. The topological polar surface area (TPSA) is 150 Å². The Labute approximate surface area is 254 Å². The van der Waals surface area contributed by atoms with E-state index in [-0.39, 0.29) is 37.4 Å². The molecule has 1 N–H and O–H groups in total. The summed E-state index contributed by atoms with van der Waals surface area (Å²) in [6, 6.07) is 11.3. The van der Waals surface area contributed by atoms with Gasteiger partial charge >= 0.3 is 12.1 Å². The summed E-state index contributed by atoms with van der Waals surface area (Å²) in [6.07, 6.45) is -0.182. The second-order valence-electron chi connectivity index (χ2n) is 13.0. The SMILES string of the molecule is CC(C)(C)OC(=O)C(COc1ccc2nn(CC3(O)CN(C(=O)OC(C)(C)C)C3)cc2c1)ON1C(=O)c2ccccc2C1=O. The predicted molar refractivity (Wildman–Crippen MR) is 156 cm³/mol. The van der Waals surface area contributed by atoms with Gasteiger partial charge in [0.15, 0.2) is 0 Å². The summed E-state index contributed by atoms with van der Waals surface area (Å²) >= 11 is 0. The number of likely N-dealkylation sites (tertiary alicyclic amines) is 1. The first-order valence-corrected chi connectivity index (χ1v) is 14.2. The van der Waals surface area contributed by atoms with Crippen LogP contribution in [0.4, 0.5) is 4.79 Å². The van der Waals surface area contributed by atoms with E-state index in [2.05, 4.69) is 5.10 Å². The Bertz CT molecular complexity index is 1580. The van der Waals surface area contributed by atoms with Crippen LogP contribution >= 0.6 is 0 Å². The number of aromatic nitrogens is 2. The summed E-state index contributed by atoms with van der Waals surface area (Å²) in [5, 5.41) is 16.7. The van der Waals surface area contributed by atoms with Crippen LogP contribution in [0.1, 0.15) is 62.3 Å². The van der Waals surface area contributed by atoms with Crippen LogP contribution in [0, 0.1) is 0 Å². The number of hydrogen-bond acceptors (Lipinski definition) is 10. The summed E-state index contributed by atoms with van der Waals surface area (Å²) in [7, 11) is 0. The van der Waals surface area contributed by atoms with Crippen molar-refractivity contribution in [2.45, 2.75) is 71.0 Å². The molecule has 2 aliphatic rings. The number of carbonyl (C=O) groups excluding carboxylic acids is 4. The number of fused-ring (bicyclic) bond motifs is 2. The number of esters is 1. The molecule has 2 aromatic carbocycles. The number of rotatable bonds is 8. The number of hydroxylamine groups is 2. The largest absolute Gasteiger partial charge is 0.490 e. The fourth-order valence-corrected chi connectivity index (χ4v) is 4.82. The molecule has 2 aliphatic heterocycles. The summed E-state index contributed by atoms with van der Waals surface area (Å²) in [6.45, 7) is 10.4. The van der Waals surface area contributed by atoms with Crippen molar-refractivity contribution in [2.75, 3.05) is 19.7 Å². The molecule has 0 bridgehead atoms. The summed E-state index contributed by atoms with van der Waals surface area (Å²) in [5.74, 6) is -1.81. The quantitative estimate of drug-likeness (QED) is 0.298. The van der Waals surface area contributed by atoms with Gasteiger partial charge in [0, 0.05) is 11.6 Å². The van der Waals surface area contributed by atoms with E-state index in [4.69, 9.17) is 19.0 Å². The second kappa shape index (κ2) is 11.2. The number of ether oxygens (including phenoxy) is 3. The molecular formula is C31H36N4O9. The van der Waals surface area contributed by atoms with Crippen LogP contribution in [-0.2, 0) is 25.7 Å². The van der Waals surface area contributed by atoms with Crippen LogP contribution in [0.2, 0.25) is 0 Å². The molecule has 0 saturated carbocycles. The number of nitrogens with zero attached hydrogens (tertiary/aromatic N) is 4. The molecule has 1 unspecified atom stereocenters. The van der Waals surface area contributed by atoms with Gasteiger partial charge in [0.25, 0.3) is 11.8 Å². The zero-order valence-corrected chi connectivity index (χ0v) is 25.5. The van der Waals surface area contributed by atoms with E-state index in [0.29, 0.717) is 21.7 Å². The van der Waals surface area contributed by atoms with Crippen LogP contribution in [0.3, 0.4) is 0 Å². The van der Waals surface area contributed by atoms with Gasteiger partial charge in [-0.05, 0) is 71.9 Å². The maximum atomic E-state index is 13.0. The van der Waals surface area contributed by atoms with Crippen molar-refractivity contribution in [3.8, 4) is 5.75 Å². The predicted octanol–water partition coefficient (Wildman–Crippen LogP) is 3.34. The summed E-state index contributed by atoms with van der Waals surface area (Å²) in [4.78, 5) is 58.0. The summed E-state index contributed by atoms with van der Waals surface area (Å²) < 4.78 is 18.3. The first kappa shape index (κ1) is 31.0. The first-order chi connectivity index (χ1) is 20.5. The smallest absolute Gasteiger partial charge is 0.410 e. The Kier molecular flexibility index (Phi) is 7.89. The van der Waals surface area contributed by atoms with Crippen LogP contribution in [0.15, 0.2) is 48.7 Å². The molecule has 13 heteroatoms. The molecule has 0 aliphatic carbocycles. The van der Waals surface area contributed by atoms with E-state index in [0.717, 1.165) is 0 Å². The second-order valence-corrected chi connectivity index (χ2v) is 13.0. The Morgan fingerprint density at radius 3 is 2.16 bits per heavy atom. The van der Waals surface area contributed by atoms with Crippen LogP contribution in [0.5, 0.6) is 5.75 Å². The molecule has 13 nitrogen and oxygen atoms in total. The van der Waals surface area contributed by atoms with Gasteiger partial charge in [-0.25, -0.2) is 14.4 Å². The Hall–Kier alpha value is -4.49. The van der Waals surface area contributed by atoms with Crippen LogP contribution in [-0.4, -0.2) is 91.3 Å². The lowest BCUT2D eigenvalue weighted by atomic mass is 9.95. The highest BCUT2D eigenvalue weighted by atomic mass is 16.7. The van der Waals surface area contributed by atoms with E-state index in [1.54, 1.807) is 82.8 Å². The van der Waals surface area contributed by atoms with Gasteiger partial charge in [0.2, 0.25) is 6.10 Å². The third-order valence-corrected chi connectivity index (χ3v) is 6.66. The van der Waals surface area contributed by atoms with Crippen LogP contribution in [0.25, 0.3) is 10.9 Å². The molecule has 0 radical (unpaired) electrons. The van der Waals surface area contributed by atoms with Crippen molar-refractivity contribution in [1.29, 1.82) is 0 Å². The Balaban J connectivity index is 1.25. The number of aliphatic hydroxyl groups is 1. The molecule has 1 aromatic heterocycles. The molecule has 3 aromatic rings. The molecule has 1 fully saturated rings. The fourth-order valence-electron chi connectivity index (χ4n) is 4.82. The molecule has 1 atom stereocenters. The molecule has 44 heavy (non-hydrogen) atoms. The zero-order chi connectivity index (χ0) is 32.0. The lowest BCUT2D eigenvalue weighted by Crippen LogP contribution is -2.65. The highest BCUT2D eigenvalue weighted by Crippen LogP contribution is 2.28. The third-order valence-electron chi connectivity index (χ3n) is 6.66. The van der Waals surface area contributed by atoms with Gasteiger partial charge in [-0.3, -0.25) is 14.3 Å². The van der Waals surface area contributed by atoms with E-state index < -0.39 is 46.8 Å². The van der Waals surface area contributed by atoms with Gasteiger partial charge in [-0.1, -0.05) is 12.1 Å². The zero-order valence-electron chi connectivity index (χ0n) is 25.5. The molecule has 3 amide bonds. The lowest BCUT2D eigenvalue weighted by molar-refractivity contribution is -0.193. The maximum absolute atomic E-state index is 13.0. The van der Waals surface area contributed by atoms with E-state index in [1.165, 1.54) is 17.0 Å². The van der Waals surface area contributed by atoms with Gasteiger partial charge in [0.1, 0.15) is 29.2 Å². The number of benzene rings is 2. The molecule has 0 spiro atoms. The number of imide groups is 1. The lowest BCUT2D eigenvalue weighted by Gasteiger charge is -2.46. The van der Waals surface area contributed by atoms with Crippen molar-refractivity contribution in [2.24, 2.45) is 0 Å². The average Bonchev–Trinajstić information content (AvgIpc) is 3.40. The first-order valence-electron chi connectivity index (χ1n) is 14.2. The van der Waals surface area contributed by atoms with Crippen molar-refractivity contribution < 1.29 is 43.3 Å². The summed E-state index contributed by atoms with van der Waals surface area (Å²) in [5.41, 5.74) is -1.66. The highest BCUT2D eigenvalue weighted by molar-refractivity contribution is 6.20. The Morgan fingerprint density at radius 1 is 0.955 bits per heavy atom. The van der Waals surface area contributed by atoms with Gasteiger partial charge < -0.3 is 24.2 Å². The monoisotopic (exact) mass is 608 g/mol. The van der Waals surface area contributed by atoms with Crippen molar-refractivity contribution in [3.63, 3.8) is 0 Å². The molecular weight excluding hydrogens is 572 g/mol. The van der Waals surface area contributed by atoms with Crippen molar-refractivity contribution in [1.82, 2.24) is 19.7 Å². The minimum absolute atomic E-state index is 0.117. The van der Waals surface area contributed by atoms with E-state index >= 15 is 0 Å². The number of carbonyl (C=O) groups is 4. The average molecular weight is 609 g/mol. The fraction of sp³-hybridized carbons (Fsp3) is 0.452. The maximum Gasteiger partial charge on any atom is 0.410 e. The van der Waals surface area contributed by atoms with Gasteiger partial charge in [-0.15, -0.1) is 5.06 Å². The van der Waals surface area contributed by atoms with Crippen molar-refractivity contribution >= 4 is 34.8 Å². The molecule has 5 rings (SSSR count). The third kappa shape index (κ3) is 6.84. The molecule has 234 valence electrons. The molecule has 3 heterocycles. The standard InChI is InChI=1S/C31H36N4O9/c1-29(2,3)42-27(38)24(44-35-25(36)21-9-7-8-10-22(21)26(35)37)15-41-20-11-12-23-19(13-20)14-34(32-23)18-31(40)16-33(17-31)28(39)43-30(4,5)6/h7-14,24,40H,15-18H2,1-6H3. The van der Waals surface area contributed by atoms with Crippen LogP contribution < -0.4 is 4.74 Å². The Morgan fingerprint density at radius 2 is 1.57 bits per heavy atom. The normalized spacial score (nSPS) is 16.9. The number of amides is 3. The van der Waals surface area contributed by atoms with E-state index in [9.17, 15) is 24.3 Å². The van der Waals surface area contributed by atoms with E-state index in [1.807, 2.05) is 0 Å². The number of hydrogen-bond donors (Lipinski definition) is 1. The van der Waals surface area contributed by atoms with Crippen molar-refractivity contribution in [3.05, 3.63) is 59.8 Å². The molecule has 1 saturated heterocycles. The van der Waals surface area contributed by atoms with Gasteiger partial charge in [0.05, 0.1) is 36.3 Å². The van der Waals surface area contributed by atoms with Gasteiger partial charge in [-0.2, -0.15) is 5.10 Å². The highest BCUT2D eigenvalue weighted by Gasteiger charge is 2.46. The minimum Gasteiger partial charge on any atom is -0.490 e. The number of β-amino-alcohol motifs (C(OH)–C–C–N with tert-alkyl or cyclic N) is 1.